The van der Waals surface area contributed by atoms with Crippen LogP contribution in [-0.4, -0.2) is 19.0 Å². The molecule has 5 nitrogen and oxygen atoms in total. The fourth-order valence-electron chi connectivity index (χ4n) is 3.45. The number of aryl methyl sites for hydroxylation is 1. The first kappa shape index (κ1) is 18.7. The van der Waals surface area contributed by atoms with Gasteiger partial charge in [-0.3, -0.25) is 4.79 Å². The minimum atomic E-state index is -0.367. The van der Waals surface area contributed by atoms with E-state index in [2.05, 4.69) is 5.32 Å². The Morgan fingerprint density at radius 1 is 1.07 bits per heavy atom. The van der Waals surface area contributed by atoms with Crippen molar-refractivity contribution in [3.05, 3.63) is 94.5 Å². The van der Waals surface area contributed by atoms with E-state index in [0.29, 0.717) is 29.0 Å². The first-order valence-corrected chi connectivity index (χ1v) is 9.40. The Balaban J connectivity index is 1.59. The third-order valence-electron chi connectivity index (χ3n) is 5.05. The van der Waals surface area contributed by atoms with Crippen molar-refractivity contribution in [3.63, 3.8) is 0 Å². The summed E-state index contributed by atoms with van der Waals surface area (Å²) in [6.45, 7) is 2.01. The second-order valence-corrected chi connectivity index (χ2v) is 7.04. The van der Waals surface area contributed by atoms with Gasteiger partial charge in [0.25, 0.3) is 5.91 Å². The van der Waals surface area contributed by atoms with E-state index in [-0.39, 0.29) is 18.0 Å². The number of hydrogen-bond acceptors (Lipinski definition) is 4. The molecule has 1 atom stereocenters. The molecule has 146 valence electrons. The Morgan fingerprint density at radius 2 is 1.83 bits per heavy atom. The van der Waals surface area contributed by atoms with E-state index in [1.807, 2.05) is 43.3 Å². The number of methoxy groups -OCH3 is 1. The summed E-state index contributed by atoms with van der Waals surface area (Å²) in [5.74, 6) is -0.0431. The lowest BCUT2D eigenvalue weighted by molar-refractivity contribution is 0.0252. The highest BCUT2D eigenvalue weighted by atomic mass is 16.5. The van der Waals surface area contributed by atoms with Crippen LogP contribution in [0.5, 0.6) is 5.75 Å². The van der Waals surface area contributed by atoms with Crippen LogP contribution < -0.4 is 10.1 Å². The maximum Gasteiger partial charge on any atom is 0.339 e. The number of fused-ring (bicyclic) bond motifs is 1. The highest BCUT2D eigenvalue weighted by molar-refractivity contribution is 6.06. The molecule has 0 saturated carbocycles. The van der Waals surface area contributed by atoms with Gasteiger partial charge in [0.05, 0.1) is 18.4 Å². The van der Waals surface area contributed by atoms with Crippen molar-refractivity contribution in [1.29, 1.82) is 0 Å². The Labute approximate surface area is 169 Å². The second-order valence-electron chi connectivity index (χ2n) is 7.04. The van der Waals surface area contributed by atoms with Crippen LogP contribution >= 0.6 is 0 Å². The monoisotopic (exact) mass is 387 g/mol. The van der Waals surface area contributed by atoms with Gasteiger partial charge in [0.1, 0.15) is 11.9 Å². The molecule has 1 aliphatic rings. The van der Waals surface area contributed by atoms with E-state index in [1.165, 1.54) is 0 Å². The van der Waals surface area contributed by atoms with Crippen molar-refractivity contribution in [2.24, 2.45) is 0 Å². The Morgan fingerprint density at radius 3 is 2.59 bits per heavy atom. The fourth-order valence-corrected chi connectivity index (χ4v) is 3.45. The van der Waals surface area contributed by atoms with Crippen LogP contribution in [0.4, 0.5) is 5.69 Å². The number of cyclic esters (lactones) is 1. The van der Waals surface area contributed by atoms with Crippen molar-refractivity contribution in [1.82, 2.24) is 0 Å². The molecule has 29 heavy (non-hydrogen) atoms. The number of rotatable bonds is 4. The van der Waals surface area contributed by atoms with Gasteiger partial charge in [0.2, 0.25) is 0 Å². The van der Waals surface area contributed by atoms with E-state index in [9.17, 15) is 9.59 Å². The van der Waals surface area contributed by atoms with Gasteiger partial charge in [-0.1, -0.05) is 42.0 Å². The van der Waals surface area contributed by atoms with Gasteiger partial charge < -0.3 is 14.8 Å². The number of hydrogen-bond donors (Lipinski definition) is 1. The maximum atomic E-state index is 12.8. The van der Waals surface area contributed by atoms with Gasteiger partial charge in [-0.15, -0.1) is 0 Å². The van der Waals surface area contributed by atoms with Gasteiger partial charge in [0.15, 0.2) is 0 Å². The first-order valence-electron chi connectivity index (χ1n) is 9.40. The number of nitrogens with one attached hydrogen (secondary N) is 1. The van der Waals surface area contributed by atoms with E-state index in [0.717, 1.165) is 16.7 Å². The number of amides is 1. The number of anilines is 1. The molecule has 0 aliphatic carbocycles. The first-order chi connectivity index (χ1) is 14.0. The summed E-state index contributed by atoms with van der Waals surface area (Å²) < 4.78 is 10.9. The number of carbonyl (C=O) groups excluding carboxylic acids is 2. The summed E-state index contributed by atoms with van der Waals surface area (Å²) in [5.41, 5.74) is 4.47. The third kappa shape index (κ3) is 3.85. The van der Waals surface area contributed by atoms with Crippen molar-refractivity contribution >= 4 is 17.6 Å². The number of ether oxygens (including phenoxy) is 2. The lowest BCUT2D eigenvalue weighted by atomic mass is 9.92. The SMILES string of the molecule is COc1ccccc1NC(=O)c1ccc2c(c1)C[C@H](c1ccc(C)cc1)OC2=O. The molecule has 1 aliphatic heterocycles. The quantitative estimate of drug-likeness (QED) is 0.659. The molecule has 0 bridgehead atoms. The average molecular weight is 387 g/mol. The van der Waals surface area contributed by atoms with Crippen LogP contribution in [0.2, 0.25) is 0 Å². The van der Waals surface area contributed by atoms with Crippen molar-refractivity contribution in [2.45, 2.75) is 19.4 Å². The molecule has 3 aromatic rings. The minimum absolute atomic E-state index is 0.261. The zero-order chi connectivity index (χ0) is 20.4. The second kappa shape index (κ2) is 7.80. The molecule has 0 spiro atoms. The average Bonchev–Trinajstić information content (AvgIpc) is 2.74. The third-order valence-corrected chi connectivity index (χ3v) is 5.05. The molecule has 1 amide bonds. The maximum absolute atomic E-state index is 12.8. The Bertz CT molecular complexity index is 1070. The minimum Gasteiger partial charge on any atom is -0.495 e. The molecular weight excluding hydrogens is 366 g/mol. The predicted octanol–water partition coefficient (Wildman–Crippen LogP) is 4.71. The molecule has 3 aromatic carbocycles. The van der Waals surface area contributed by atoms with Crippen LogP contribution in [0.15, 0.2) is 66.7 Å². The van der Waals surface area contributed by atoms with Crippen molar-refractivity contribution < 1.29 is 19.1 Å². The highest BCUT2D eigenvalue weighted by Gasteiger charge is 2.28. The number of carbonyl (C=O) groups is 2. The number of benzene rings is 3. The summed E-state index contributed by atoms with van der Waals surface area (Å²) in [5, 5.41) is 2.86. The van der Waals surface area contributed by atoms with E-state index in [1.54, 1.807) is 37.4 Å². The van der Waals surface area contributed by atoms with Crippen LogP contribution in [-0.2, 0) is 11.2 Å². The summed E-state index contributed by atoms with van der Waals surface area (Å²) >= 11 is 0. The van der Waals surface area contributed by atoms with Crippen molar-refractivity contribution in [3.8, 4) is 5.75 Å². The fraction of sp³-hybridized carbons (Fsp3) is 0.167. The van der Waals surface area contributed by atoms with Gasteiger partial charge in [-0.2, -0.15) is 0 Å². The molecule has 0 radical (unpaired) electrons. The van der Waals surface area contributed by atoms with E-state index >= 15 is 0 Å². The molecule has 5 heteroatoms. The van der Waals surface area contributed by atoms with Crippen LogP contribution in [0, 0.1) is 6.92 Å². The van der Waals surface area contributed by atoms with Gasteiger partial charge in [0, 0.05) is 12.0 Å². The van der Waals surface area contributed by atoms with Crippen LogP contribution in [0.25, 0.3) is 0 Å². The zero-order valence-electron chi connectivity index (χ0n) is 16.3. The van der Waals surface area contributed by atoms with E-state index in [4.69, 9.17) is 9.47 Å². The van der Waals surface area contributed by atoms with Gasteiger partial charge in [-0.05, 0) is 48.4 Å². The van der Waals surface area contributed by atoms with Gasteiger partial charge >= 0.3 is 5.97 Å². The molecule has 0 aromatic heterocycles. The lowest BCUT2D eigenvalue weighted by Gasteiger charge is -2.25. The molecule has 1 N–H and O–H groups in total. The topological polar surface area (TPSA) is 64.6 Å². The molecule has 0 fully saturated rings. The Hall–Kier alpha value is -3.60. The summed E-state index contributed by atoms with van der Waals surface area (Å²) in [6.07, 6.45) is 0.169. The largest absolute Gasteiger partial charge is 0.495 e. The normalized spacial score (nSPS) is 15.2. The van der Waals surface area contributed by atoms with Crippen LogP contribution in [0.3, 0.4) is 0 Å². The molecule has 1 heterocycles. The predicted molar refractivity (Wildman–Crippen MR) is 110 cm³/mol. The molecule has 0 saturated heterocycles. The Kier molecular flexibility index (Phi) is 5.04. The number of para-hydroxylation sites is 2. The summed E-state index contributed by atoms with van der Waals surface area (Å²) in [7, 11) is 1.56. The van der Waals surface area contributed by atoms with Crippen molar-refractivity contribution in [2.75, 3.05) is 12.4 Å². The summed E-state index contributed by atoms with van der Waals surface area (Å²) in [4.78, 5) is 25.2. The van der Waals surface area contributed by atoms with E-state index < -0.39 is 0 Å². The smallest absolute Gasteiger partial charge is 0.339 e. The van der Waals surface area contributed by atoms with Gasteiger partial charge in [-0.25, -0.2) is 4.79 Å². The zero-order valence-corrected chi connectivity index (χ0v) is 16.3. The molecule has 0 unspecified atom stereocenters. The number of esters is 1. The molecular formula is C24H21NO4. The van der Waals surface area contributed by atoms with Crippen LogP contribution in [0.1, 0.15) is 43.5 Å². The standard InChI is InChI=1S/C24H21NO4/c1-15-7-9-16(10-8-15)22-14-18-13-17(11-12-19(18)24(27)29-22)23(26)25-20-5-3-4-6-21(20)28-2/h3-13,22H,14H2,1-2H3,(H,25,26)/t22-/m1/s1. The highest BCUT2D eigenvalue weighted by Crippen LogP contribution is 2.31. The lowest BCUT2D eigenvalue weighted by Crippen LogP contribution is -2.23. The molecule has 4 rings (SSSR count). The summed E-state index contributed by atoms with van der Waals surface area (Å²) in [6, 6.07) is 20.2.